The Hall–Kier alpha value is -2.23. The molecule has 128 valence electrons. The zero-order valence-electron chi connectivity index (χ0n) is 12.1. The Morgan fingerprint density at radius 2 is 1.79 bits per heavy atom. The average molecular weight is 392 g/mol. The van der Waals surface area contributed by atoms with Gasteiger partial charge in [0.1, 0.15) is 10.6 Å². The number of nitro benzene ring substituents is 1. The molecule has 0 unspecified atom stereocenters. The summed E-state index contributed by atoms with van der Waals surface area (Å²) >= 11 is 11.7. The lowest BCUT2D eigenvalue weighted by Crippen LogP contribution is -2.14. The highest BCUT2D eigenvalue weighted by atomic mass is 35.5. The molecule has 0 saturated carbocycles. The number of nitrogens with two attached hydrogens (primary N) is 1. The largest absolute Gasteiger partial charge is 0.495 e. The molecule has 0 aliphatic rings. The number of hydrogen-bond acceptors (Lipinski definition) is 6. The molecular formula is C13H11Cl2N3O5S. The Morgan fingerprint density at radius 1 is 1.21 bits per heavy atom. The van der Waals surface area contributed by atoms with Gasteiger partial charge in [-0.3, -0.25) is 14.8 Å². The highest BCUT2D eigenvalue weighted by Gasteiger charge is 2.23. The lowest BCUT2D eigenvalue weighted by Gasteiger charge is -2.12. The quantitative estimate of drug-likeness (QED) is 0.457. The topological polar surface area (TPSA) is 125 Å². The van der Waals surface area contributed by atoms with Crippen LogP contribution in [0.4, 0.5) is 17.1 Å². The van der Waals surface area contributed by atoms with Crippen LogP contribution in [0.2, 0.25) is 10.0 Å². The molecule has 24 heavy (non-hydrogen) atoms. The standard InChI is InChI=1S/C13H11Cl2N3O5S/c1-23-11-6-8(18(19)20)2-3-12(11)24(21,22)17-7-4-9(14)13(16)10(15)5-7/h2-6,17H,16H2,1H3. The summed E-state index contributed by atoms with van der Waals surface area (Å²) in [5, 5.41) is 10.9. The van der Waals surface area contributed by atoms with E-state index in [0.29, 0.717) is 0 Å². The van der Waals surface area contributed by atoms with Crippen LogP contribution in [0.15, 0.2) is 35.2 Å². The maximum atomic E-state index is 12.5. The van der Waals surface area contributed by atoms with Crippen LogP contribution in [-0.4, -0.2) is 20.5 Å². The highest BCUT2D eigenvalue weighted by Crippen LogP contribution is 2.34. The van der Waals surface area contributed by atoms with Crippen LogP contribution in [0, 0.1) is 10.1 Å². The van der Waals surface area contributed by atoms with Crippen LogP contribution in [0.5, 0.6) is 5.75 Å². The van der Waals surface area contributed by atoms with E-state index in [1.807, 2.05) is 0 Å². The lowest BCUT2D eigenvalue weighted by atomic mass is 10.3. The molecule has 2 aromatic carbocycles. The number of methoxy groups -OCH3 is 1. The number of nitrogen functional groups attached to an aromatic ring is 1. The summed E-state index contributed by atoms with van der Waals surface area (Å²) in [5.74, 6) is -0.177. The number of hydrogen-bond donors (Lipinski definition) is 2. The molecule has 0 amide bonds. The van der Waals surface area contributed by atoms with E-state index >= 15 is 0 Å². The Morgan fingerprint density at radius 3 is 2.29 bits per heavy atom. The predicted molar refractivity (Wildman–Crippen MR) is 91.3 cm³/mol. The summed E-state index contributed by atoms with van der Waals surface area (Å²) in [5.41, 5.74) is 5.49. The first-order chi connectivity index (χ1) is 11.2. The molecule has 8 nitrogen and oxygen atoms in total. The summed E-state index contributed by atoms with van der Waals surface area (Å²) in [6, 6.07) is 5.72. The molecule has 3 N–H and O–H groups in total. The van der Waals surface area contributed by atoms with Gasteiger partial charge in [-0.2, -0.15) is 0 Å². The van der Waals surface area contributed by atoms with E-state index in [2.05, 4.69) is 4.72 Å². The van der Waals surface area contributed by atoms with Crippen molar-refractivity contribution in [1.29, 1.82) is 0 Å². The van der Waals surface area contributed by atoms with Crippen molar-refractivity contribution >= 4 is 50.3 Å². The molecule has 0 heterocycles. The van der Waals surface area contributed by atoms with Crippen LogP contribution in [0.25, 0.3) is 0 Å². The minimum atomic E-state index is -4.10. The third kappa shape index (κ3) is 3.64. The van der Waals surface area contributed by atoms with Crippen molar-refractivity contribution in [2.24, 2.45) is 0 Å². The summed E-state index contributed by atoms with van der Waals surface area (Å²) in [6.07, 6.45) is 0. The number of nitro groups is 1. The van der Waals surface area contributed by atoms with Crippen molar-refractivity contribution < 1.29 is 18.1 Å². The molecule has 0 bridgehead atoms. The second-order valence-electron chi connectivity index (χ2n) is 4.55. The summed E-state index contributed by atoms with van der Waals surface area (Å²) in [4.78, 5) is 9.83. The van der Waals surface area contributed by atoms with Crippen molar-refractivity contribution in [1.82, 2.24) is 0 Å². The second-order valence-corrected chi connectivity index (χ2v) is 7.02. The number of ether oxygens (including phenoxy) is 1. The van der Waals surface area contributed by atoms with Crippen molar-refractivity contribution in [3.05, 3.63) is 50.5 Å². The number of nitrogens with one attached hydrogen (secondary N) is 1. The fraction of sp³-hybridized carbons (Fsp3) is 0.0769. The number of non-ortho nitro benzene ring substituents is 1. The molecule has 2 rings (SSSR count). The van der Waals surface area contributed by atoms with E-state index in [4.69, 9.17) is 33.7 Å². The minimum absolute atomic E-state index is 0.0795. The van der Waals surface area contributed by atoms with E-state index in [0.717, 1.165) is 18.2 Å². The van der Waals surface area contributed by atoms with Crippen molar-refractivity contribution in [3.8, 4) is 5.75 Å². The molecule has 0 atom stereocenters. The second kappa shape index (κ2) is 6.71. The first kappa shape index (κ1) is 18.1. The number of halogens is 2. The molecule has 0 saturated heterocycles. The van der Waals surface area contributed by atoms with Crippen LogP contribution in [0.3, 0.4) is 0 Å². The molecule has 0 aliphatic heterocycles. The first-order valence-corrected chi connectivity index (χ1v) is 8.49. The zero-order valence-corrected chi connectivity index (χ0v) is 14.4. The lowest BCUT2D eigenvalue weighted by molar-refractivity contribution is -0.385. The molecule has 0 fully saturated rings. The van der Waals surface area contributed by atoms with Gasteiger partial charge >= 0.3 is 0 Å². The van der Waals surface area contributed by atoms with Gasteiger partial charge in [-0.15, -0.1) is 0 Å². The van der Waals surface area contributed by atoms with Gasteiger partial charge in [0.25, 0.3) is 15.7 Å². The molecule has 0 radical (unpaired) electrons. The van der Waals surface area contributed by atoms with Gasteiger partial charge in [-0.25, -0.2) is 8.42 Å². The minimum Gasteiger partial charge on any atom is -0.495 e. The molecular weight excluding hydrogens is 381 g/mol. The number of rotatable bonds is 5. The molecule has 0 spiro atoms. The summed E-state index contributed by atoms with van der Waals surface area (Å²) < 4.78 is 32.2. The van der Waals surface area contributed by atoms with Gasteiger partial charge in [0.15, 0.2) is 0 Å². The third-order valence-electron chi connectivity index (χ3n) is 2.98. The monoisotopic (exact) mass is 391 g/mol. The van der Waals surface area contributed by atoms with Gasteiger partial charge in [0.2, 0.25) is 0 Å². The van der Waals surface area contributed by atoms with Crippen molar-refractivity contribution in [2.45, 2.75) is 4.90 Å². The van der Waals surface area contributed by atoms with E-state index in [-0.39, 0.29) is 37.8 Å². The van der Waals surface area contributed by atoms with Gasteiger partial charge in [0.05, 0.1) is 39.5 Å². The molecule has 0 aromatic heterocycles. The normalized spacial score (nSPS) is 11.1. The Bertz CT molecular complexity index is 895. The highest BCUT2D eigenvalue weighted by molar-refractivity contribution is 7.92. The van der Waals surface area contributed by atoms with E-state index in [1.54, 1.807) is 0 Å². The number of nitrogens with zero attached hydrogens (tertiary/aromatic N) is 1. The number of sulfonamides is 1. The van der Waals surface area contributed by atoms with E-state index < -0.39 is 14.9 Å². The van der Waals surface area contributed by atoms with Gasteiger partial charge in [0, 0.05) is 6.07 Å². The summed E-state index contributed by atoms with van der Waals surface area (Å²) in [7, 11) is -2.90. The van der Waals surface area contributed by atoms with E-state index in [1.165, 1.54) is 19.2 Å². The van der Waals surface area contributed by atoms with Crippen LogP contribution in [0.1, 0.15) is 0 Å². The SMILES string of the molecule is COc1cc([N+](=O)[O-])ccc1S(=O)(=O)Nc1cc(Cl)c(N)c(Cl)c1. The average Bonchev–Trinajstić information content (AvgIpc) is 2.51. The number of anilines is 2. The van der Waals surface area contributed by atoms with Gasteiger partial charge < -0.3 is 10.5 Å². The Kier molecular flexibility index (Phi) is 5.07. The molecule has 11 heteroatoms. The van der Waals surface area contributed by atoms with Crippen molar-refractivity contribution in [2.75, 3.05) is 17.6 Å². The third-order valence-corrected chi connectivity index (χ3v) is 5.02. The van der Waals surface area contributed by atoms with Crippen LogP contribution < -0.4 is 15.2 Å². The van der Waals surface area contributed by atoms with E-state index in [9.17, 15) is 18.5 Å². The van der Waals surface area contributed by atoms with Gasteiger partial charge in [-0.05, 0) is 18.2 Å². The van der Waals surface area contributed by atoms with Crippen molar-refractivity contribution in [3.63, 3.8) is 0 Å². The maximum Gasteiger partial charge on any atom is 0.273 e. The summed E-state index contributed by atoms with van der Waals surface area (Å²) in [6.45, 7) is 0. The molecule has 2 aromatic rings. The Labute approximate surface area is 147 Å². The Balaban J connectivity index is 2.46. The van der Waals surface area contributed by atoms with Gasteiger partial charge in [-0.1, -0.05) is 23.2 Å². The first-order valence-electron chi connectivity index (χ1n) is 6.25. The number of benzene rings is 2. The molecule has 0 aliphatic carbocycles. The van der Waals surface area contributed by atoms with Crippen LogP contribution >= 0.6 is 23.2 Å². The fourth-order valence-electron chi connectivity index (χ4n) is 1.85. The zero-order chi connectivity index (χ0) is 18.1. The fourth-order valence-corrected chi connectivity index (χ4v) is 3.52. The van der Waals surface area contributed by atoms with Crippen LogP contribution in [-0.2, 0) is 10.0 Å². The maximum absolute atomic E-state index is 12.5. The smallest absolute Gasteiger partial charge is 0.273 e. The predicted octanol–water partition coefficient (Wildman–Crippen LogP) is 3.29.